The fourth-order valence-electron chi connectivity index (χ4n) is 1.68. The van der Waals surface area contributed by atoms with E-state index >= 15 is 0 Å². The first-order valence-electron chi connectivity index (χ1n) is 6.10. The van der Waals surface area contributed by atoms with E-state index in [9.17, 15) is 13.2 Å². The second-order valence-corrected chi connectivity index (χ2v) is 3.83. The Morgan fingerprint density at radius 2 is 1.67 bits per heavy atom. The largest absolute Gasteiger partial charge is 0.367 e. The highest BCUT2D eigenvalue weighted by atomic mass is 19.2. The Balaban J connectivity index is 3.25. The molecule has 0 aromatic carbocycles. The summed E-state index contributed by atoms with van der Waals surface area (Å²) in [5, 5.41) is 2.65. The van der Waals surface area contributed by atoms with Crippen LogP contribution in [0.25, 0.3) is 0 Å². The van der Waals surface area contributed by atoms with Gasteiger partial charge in [-0.3, -0.25) is 0 Å². The summed E-state index contributed by atoms with van der Waals surface area (Å²) in [6.07, 6.45) is 0.737. The molecule has 0 amide bonds. The summed E-state index contributed by atoms with van der Waals surface area (Å²) < 4.78 is 41.1. The number of nitrogens with zero attached hydrogens (tertiary/aromatic N) is 2. The van der Waals surface area contributed by atoms with E-state index in [0.29, 0.717) is 19.6 Å². The van der Waals surface area contributed by atoms with Gasteiger partial charge in [-0.2, -0.15) is 13.8 Å². The molecule has 1 rings (SSSR count). The van der Waals surface area contributed by atoms with E-state index < -0.39 is 17.6 Å². The molecule has 0 aliphatic rings. The number of rotatable bonds is 6. The lowest BCUT2D eigenvalue weighted by atomic mass is 10.3. The average molecular weight is 261 g/mol. The number of halogens is 3. The zero-order valence-corrected chi connectivity index (χ0v) is 10.9. The van der Waals surface area contributed by atoms with Crippen molar-refractivity contribution in [1.29, 1.82) is 0 Å². The van der Waals surface area contributed by atoms with E-state index in [2.05, 4.69) is 10.3 Å². The van der Waals surface area contributed by atoms with Crippen molar-refractivity contribution in [3.05, 3.63) is 17.6 Å². The fourth-order valence-corrected chi connectivity index (χ4v) is 1.68. The summed E-state index contributed by atoms with van der Waals surface area (Å²) in [4.78, 5) is 4.69. The predicted molar refractivity (Wildman–Crippen MR) is 66.5 cm³/mol. The molecule has 0 saturated carbocycles. The summed E-state index contributed by atoms with van der Waals surface area (Å²) in [6, 6.07) is 0. The smallest absolute Gasteiger partial charge is 0.253 e. The van der Waals surface area contributed by atoms with Gasteiger partial charge in [0.1, 0.15) is 5.69 Å². The number of anilines is 2. The van der Waals surface area contributed by atoms with Crippen LogP contribution >= 0.6 is 0 Å². The van der Waals surface area contributed by atoms with Crippen LogP contribution in [0.3, 0.4) is 0 Å². The van der Waals surface area contributed by atoms with E-state index in [1.54, 1.807) is 13.8 Å². The quantitative estimate of drug-likeness (QED) is 0.797. The molecule has 1 N–H and O–H groups in total. The van der Waals surface area contributed by atoms with Crippen molar-refractivity contribution in [2.45, 2.75) is 27.2 Å². The third kappa shape index (κ3) is 2.86. The van der Waals surface area contributed by atoms with Crippen molar-refractivity contribution in [3.63, 3.8) is 0 Å². The minimum atomic E-state index is -1.28. The Kier molecular flexibility index (Phi) is 5.25. The van der Waals surface area contributed by atoms with E-state index in [0.717, 1.165) is 6.42 Å². The maximum Gasteiger partial charge on any atom is 0.253 e. The van der Waals surface area contributed by atoms with Crippen LogP contribution in [0.2, 0.25) is 0 Å². The van der Waals surface area contributed by atoms with Crippen LogP contribution < -0.4 is 10.2 Å². The molecule has 0 bridgehead atoms. The molecule has 0 unspecified atom stereocenters. The Hall–Kier alpha value is -1.46. The molecule has 6 heteroatoms. The molecular weight excluding hydrogens is 243 g/mol. The van der Waals surface area contributed by atoms with Crippen LogP contribution in [-0.4, -0.2) is 24.6 Å². The van der Waals surface area contributed by atoms with E-state index in [4.69, 9.17) is 0 Å². The molecule has 3 nitrogen and oxygen atoms in total. The van der Waals surface area contributed by atoms with Gasteiger partial charge in [-0.25, -0.2) is 4.39 Å². The fraction of sp³-hybridized carbons (Fsp3) is 0.583. The number of aromatic nitrogens is 1. The molecular formula is C12H18F3N3. The molecule has 0 aliphatic carbocycles. The Morgan fingerprint density at radius 3 is 2.17 bits per heavy atom. The second kappa shape index (κ2) is 6.47. The van der Waals surface area contributed by atoms with Crippen LogP contribution in [0.1, 0.15) is 27.2 Å². The number of hydrogen-bond acceptors (Lipinski definition) is 3. The zero-order chi connectivity index (χ0) is 13.7. The van der Waals surface area contributed by atoms with Crippen LogP contribution in [-0.2, 0) is 0 Å². The first-order valence-corrected chi connectivity index (χ1v) is 6.10. The van der Waals surface area contributed by atoms with Crippen LogP contribution in [0.4, 0.5) is 24.7 Å². The van der Waals surface area contributed by atoms with Gasteiger partial charge in [0.05, 0.1) is 0 Å². The third-order valence-corrected chi connectivity index (χ3v) is 2.64. The first kappa shape index (κ1) is 14.6. The summed E-state index contributed by atoms with van der Waals surface area (Å²) in [6.45, 7) is 6.62. The topological polar surface area (TPSA) is 28.2 Å². The van der Waals surface area contributed by atoms with Crippen molar-refractivity contribution >= 4 is 11.5 Å². The van der Waals surface area contributed by atoms with Gasteiger partial charge in [-0.15, -0.1) is 0 Å². The Bertz CT molecular complexity index is 406. The highest BCUT2D eigenvalue weighted by Gasteiger charge is 2.23. The molecule has 1 aromatic rings. The van der Waals surface area contributed by atoms with Crippen molar-refractivity contribution in [2.24, 2.45) is 0 Å². The van der Waals surface area contributed by atoms with Crippen LogP contribution in [0, 0.1) is 17.6 Å². The van der Waals surface area contributed by atoms with Gasteiger partial charge in [-0.1, -0.05) is 6.92 Å². The molecule has 0 spiro atoms. The maximum absolute atomic E-state index is 14.1. The lowest BCUT2D eigenvalue weighted by molar-refractivity contribution is 0.464. The molecule has 1 aromatic heterocycles. The molecule has 0 aliphatic heterocycles. The summed E-state index contributed by atoms with van der Waals surface area (Å²) in [5.74, 6) is -3.60. The lowest BCUT2D eigenvalue weighted by Crippen LogP contribution is -2.26. The minimum Gasteiger partial charge on any atom is -0.367 e. The normalized spacial score (nSPS) is 10.6. The van der Waals surface area contributed by atoms with Gasteiger partial charge in [0.2, 0.25) is 5.82 Å². The Morgan fingerprint density at radius 1 is 1.06 bits per heavy atom. The monoisotopic (exact) mass is 261 g/mol. The molecule has 102 valence electrons. The number of pyridine rings is 1. The van der Waals surface area contributed by atoms with Crippen LogP contribution in [0.15, 0.2) is 0 Å². The zero-order valence-electron chi connectivity index (χ0n) is 10.9. The highest BCUT2D eigenvalue weighted by Crippen LogP contribution is 2.29. The number of hydrogen-bond donors (Lipinski definition) is 1. The van der Waals surface area contributed by atoms with Gasteiger partial charge in [0, 0.05) is 19.6 Å². The molecule has 0 saturated heterocycles. The minimum absolute atomic E-state index is 0.238. The Labute approximate surface area is 105 Å². The van der Waals surface area contributed by atoms with Crippen LogP contribution in [0.5, 0.6) is 0 Å². The second-order valence-electron chi connectivity index (χ2n) is 3.83. The third-order valence-electron chi connectivity index (χ3n) is 2.64. The van der Waals surface area contributed by atoms with Crippen molar-refractivity contribution in [2.75, 3.05) is 29.9 Å². The van der Waals surface area contributed by atoms with Gasteiger partial charge >= 0.3 is 0 Å². The lowest BCUT2D eigenvalue weighted by Gasteiger charge is -2.23. The predicted octanol–water partition coefficient (Wildman–Crippen LogP) is 3.17. The van der Waals surface area contributed by atoms with Gasteiger partial charge < -0.3 is 10.2 Å². The molecule has 0 atom stereocenters. The highest BCUT2D eigenvalue weighted by molar-refractivity contribution is 5.57. The van der Waals surface area contributed by atoms with E-state index in [-0.39, 0.29) is 11.5 Å². The molecule has 18 heavy (non-hydrogen) atoms. The summed E-state index contributed by atoms with van der Waals surface area (Å²) in [5.41, 5.74) is -0.355. The summed E-state index contributed by atoms with van der Waals surface area (Å²) >= 11 is 0. The summed E-state index contributed by atoms with van der Waals surface area (Å²) in [7, 11) is 0. The standard InChI is InChI=1S/C12H18F3N3/c1-4-7-16-12-9(14)10(18(5-2)6-3)8(13)11(15)17-12/h4-7H2,1-3H3,(H,16,17). The van der Waals surface area contributed by atoms with E-state index in [1.807, 2.05) is 6.92 Å². The van der Waals surface area contributed by atoms with Crippen molar-refractivity contribution in [1.82, 2.24) is 4.98 Å². The molecule has 0 radical (unpaired) electrons. The molecule has 1 heterocycles. The van der Waals surface area contributed by atoms with E-state index in [1.165, 1.54) is 4.90 Å². The SMILES string of the molecule is CCCNc1nc(F)c(F)c(N(CC)CC)c1F. The van der Waals surface area contributed by atoms with Crippen molar-refractivity contribution in [3.8, 4) is 0 Å². The van der Waals surface area contributed by atoms with Crippen molar-refractivity contribution < 1.29 is 13.2 Å². The first-order chi connectivity index (χ1) is 8.56. The van der Waals surface area contributed by atoms with Gasteiger partial charge in [-0.05, 0) is 20.3 Å². The maximum atomic E-state index is 14.1. The molecule has 0 fully saturated rings. The van der Waals surface area contributed by atoms with Gasteiger partial charge in [0.25, 0.3) is 5.95 Å². The average Bonchev–Trinajstić information content (AvgIpc) is 2.37. The number of nitrogens with one attached hydrogen (secondary N) is 1. The van der Waals surface area contributed by atoms with Gasteiger partial charge in [0.15, 0.2) is 11.6 Å².